The molecule has 116 valence electrons. The molecule has 1 N–H and O–H groups in total. The molecule has 0 aromatic heterocycles. The van der Waals surface area contributed by atoms with Crippen LogP contribution in [0.3, 0.4) is 0 Å². The Kier molecular flexibility index (Phi) is 5.05. The SMILES string of the molecule is COc1ccc(CC(=O)NS(=O)(=O)c2ccc(Cl)cc2)cc1. The minimum atomic E-state index is -3.89. The van der Waals surface area contributed by atoms with E-state index in [1.54, 1.807) is 31.4 Å². The maximum atomic E-state index is 12.0. The van der Waals surface area contributed by atoms with Gasteiger partial charge in [-0.05, 0) is 42.0 Å². The van der Waals surface area contributed by atoms with Crippen LogP contribution in [0.2, 0.25) is 5.02 Å². The summed E-state index contributed by atoms with van der Waals surface area (Å²) in [5.74, 6) is 0.0538. The lowest BCUT2D eigenvalue weighted by atomic mass is 10.1. The van der Waals surface area contributed by atoms with Crippen molar-refractivity contribution in [2.45, 2.75) is 11.3 Å². The second-order valence-electron chi connectivity index (χ2n) is 4.51. The van der Waals surface area contributed by atoms with Gasteiger partial charge in [-0.15, -0.1) is 0 Å². The average molecular weight is 340 g/mol. The van der Waals surface area contributed by atoms with Crippen LogP contribution in [0.25, 0.3) is 0 Å². The largest absolute Gasteiger partial charge is 0.497 e. The van der Waals surface area contributed by atoms with E-state index in [2.05, 4.69) is 0 Å². The summed E-state index contributed by atoms with van der Waals surface area (Å²) < 4.78 is 31.1. The van der Waals surface area contributed by atoms with Crippen molar-refractivity contribution in [3.05, 3.63) is 59.1 Å². The van der Waals surface area contributed by atoms with Gasteiger partial charge < -0.3 is 4.74 Å². The predicted molar refractivity (Wildman–Crippen MR) is 83.5 cm³/mol. The van der Waals surface area contributed by atoms with Crippen molar-refractivity contribution in [1.82, 2.24) is 4.72 Å². The third-order valence-electron chi connectivity index (χ3n) is 2.90. The smallest absolute Gasteiger partial charge is 0.264 e. The molecule has 0 bridgehead atoms. The minimum Gasteiger partial charge on any atom is -0.497 e. The molecule has 0 atom stereocenters. The van der Waals surface area contributed by atoms with Gasteiger partial charge in [0, 0.05) is 5.02 Å². The minimum absolute atomic E-state index is 0.0139. The third kappa shape index (κ3) is 4.22. The Morgan fingerprint density at radius 2 is 1.68 bits per heavy atom. The molecular weight excluding hydrogens is 326 g/mol. The number of carbonyl (C=O) groups excluding carboxylic acids is 1. The highest BCUT2D eigenvalue weighted by Gasteiger charge is 2.17. The standard InChI is InChI=1S/C15H14ClNO4S/c1-21-13-6-2-11(3-7-13)10-15(18)17-22(19,20)14-8-4-12(16)5-9-14/h2-9H,10H2,1H3,(H,17,18). The molecule has 2 aromatic rings. The Labute approximate surface area is 133 Å². The molecule has 0 heterocycles. The van der Waals surface area contributed by atoms with Gasteiger partial charge in [-0.25, -0.2) is 13.1 Å². The number of carbonyl (C=O) groups is 1. The molecule has 0 aliphatic carbocycles. The highest BCUT2D eigenvalue weighted by atomic mass is 35.5. The Morgan fingerprint density at radius 3 is 2.23 bits per heavy atom. The maximum Gasteiger partial charge on any atom is 0.264 e. The van der Waals surface area contributed by atoms with E-state index in [-0.39, 0.29) is 11.3 Å². The van der Waals surface area contributed by atoms with E-state index in [0.29, 0.717) is 16.3 Å². The number of amides is 1. The second-order valence-corrected chi connectivity index (χ2v) is 6.63. The molecular formula is C15H14ClNO4S. The first-order valence-corrected chi connectivity index (χ1v) is 8.21. The van der Waals surface area contributed by atoms with Crippen LogP contribution in [-0.4, -0.2) is 21.4 Å². The van der Waals surface area contributed by atoms with E-state index in [1.807, 2.05) is 4.72 Å². The zero-order valence-electron chi connectivity index (χ0n) is 11.7. The van der Waals surface area contributed by atoms with E-state index in [4.69, 9.17) is 16.3 Å². The van der Waals surface area contributed by atoms with Crippen molar-refractivity contribution in [2.24, 2.45) is 0 Å². The Morgan fingerprint density at radius 1 is 1.09 bits per heavy atom. The molecule has 2 aromatic carbocycles. The highest BCUT2D eigenvalue weighted by molar-refractivity contribution is 7.90. The zero-order valence-corrected chi connectivity index (χ0v) is 13.3. The van der Waals surface area contributed by atoms with Crippen LogP contribution in [0.1, 0.15) is 5.56 Å². The van der Waals surface area contributed by atoms with Crippen molar-refractivity contribution >= 4 is 27.5 Å². The van der Waals surface area contributed by atoms with E-state index in [0.717, 1.165) is 0 Å². The summed E-state index contributed by atoms with van der Waals surface area (Å²) >= 11 is 5.71. The second kappa shape index (κ2) is 6.81. The lowest BCUT2D eigenvalue weighted by molar-refractivity contribution is -0.118. The van der Waals surface area contributed by atoms with Crippen molar-refractivity contribution < 1.29 is 17.9 Å². The fourth-order valence-electron chi connectivity index (χ4n) is 1.79. The van der Waals surface area contributed by atoms with Gasteiger partial charge in [0.2, 0.25) is 5.91 Å². The number of sulfonamides is 1. The van der Waals surface area contributed by atoms with Gasteiger partial charge in [0.15, 0.2) is 0 Å². The number of hydrogen-bond acceptors (Lipinski definition) is 4. The van der Waals surface area contributed by atoms with Crippen molar-refractivity contribution in [2.75, 3.05) is 7.11 Å². The molecule has 0 spiro atoms. The van der Waals surface area contributed by atoms with Gasteiger partial charge in [-0.3, -0.25) is 4.79 Å². The summed E-state index contributed by atoms with van der Waals surface area (Å²) in [6.07, 6.45) is -0.0448. The molecule has 2 rings (SSSR count). The van der Waals surface area contributed by atoms with Crippen molar-refractivity contribution in [1.29, 1.82) is 0 Å². The number of methoxy groups -OCH3 is 1. The van der Waals surface area contributed by atoms with Crippen LogP contribution < -0.4 is 9.46 Å². The van der Waals surface area contributed by atoms with E-state index >= 15 is 0 Å². The molecule has 0 unspecified atom stereocenters. The summed E-state index contributed by atoms with van der Waals surface area (Å²) in [7, 11) is -2.35. The summed E-state index contributed by atoms with van der Waals surface area (Å²) in [6, 6.07) is 12.4. The van der Waals surface area contributed by atoms with Crippen LogP contribution in [0.4, 0.5) is 0 Å². The molecule has 0 saturated carbocycles. The fourth-order valence-corrected chi connectivity index (χ4v) is 2.90. The number of nitrogens with one attached hydrogen (secondary N) is 1. The van der Waals surface area contributed by atoms with Crippen LogP contribution in [0.15, 0.2) is 53.4 Å². The fraction of sp³-hybridized carbons (Fsp3) is 0.133. The molecule has 0 aliphatic rings. The van der Waals surface area contributed by atoms with Gasteiger partial charge >= 0.3 is 0 Å². The Balaban J connectivity index is 2.05. The van der Waals surface area contributed by atoms with Crippen LogP contribution in [0, 0.1) is 0 Å². The van der Waals surface area contributed by atoms with E-state index in [9.17, 15) is 13.2 Å². The van der Waals surface area contributed by atoms with Gasteiger partial charge in [0.1, 0.15) is 5.75 Å². The summed E-state index contributed by atoms with van der Waals surface area (Å²) in [5, 5.41) is 0.420. The predicted octanol–water partition coefficient (Wildman–Crippen LogP) is 2.40. The zero-order chi connectivity index (χ0) is 16.2. The first-order valence-electron chi connectivity index (χ1n) is 6.35. The van der Waals surface area contributed by atoms with E-state index < -0.39 is 15.9 Å². The van der Waals surface area contributed by atoms with Gasteiger partial charge in [0.05, 0.1) is 18.4 Å². The lowest BCUT2D eigenvalue weighted by Crippen LogP contribution is -2.31. The van der Waals surface area contributed by atoms with Crippen LogP contribution in [-0.2, 0) is 21.2 Å². The molecule has 5 nitrogen and oxygen atoms in total. The lowest BCUT2D eigenvalue weighted by Gasteiger charge is -2.07. The van der Waals surface area contributed by atoms with Crippen molar-refractivity contribution in [3.8, 4) is 5.75 Å². The first kappa shape index (κ1) is 16.3. The molecule has 22 heavy (non-hydrogen) atoms. The first-order chi connectivity index (χ1) is 10.4. The topological polar surface area (TPSA) is 72.5 Å². The third-order valence-corrected chi connectivity index (χ3v) is 4.54. The maximum absolute atomic E-state index is 12.0. The quantitative estimate of drug-likeness (QED) is 0.907. The summed E-state index contributed by atoms with van der Waals surface area (Å²) in [5.41, 5.74) is 0.685. The number of ether oxygens (including phenoxy) is 1. The normalized spacial score (nSPS) is 11.0. The van der Waals surface area contributed by atoms with Gasteiger partial charge in [-0.2, -0.15) is 0 Å². The Hall–Kier alpha value is -2.05. The monoisotopic (exact) mass is 339 g/mol. The number of hydrogen-bond donors (Lipinski definition) is 1. The molecule has 7 heteroatoms. The summed E-state index contributed by atoms with van der Waals surface area (Å²) in [4.78, 5) is 11.9. The Bertz CT molecular complexity index is 755. The van der Waals surface area contributed by atoms with Gasteiger partial charge in [0.25, 0.3) is 10.0 Å². The molecule has 1 amide bonds. The van der Waals surface area contributed by atoms with E-state index in [1.165, 1.54) is 24.3 Å². The number of halogens is 1. The molecule has 0 radical (unpaired) electrons. The molecule has 0 aliphatic heterocycles. The number of benzene rings is 2. The molecule has 0 saturated heterocycles. The summed E-state index contributed by atoms with van der Waals surface area (Å²) in [6.45, 7) is 0. The molecule has 0 fully saturated rings. The highest BCUT2D eigenvalue weighted by Crippen LogP contribution is 2.15. The van der Waals surface area contributed by atoms with Crippen LogP contribution >= 0.6 is 11.6 Å². The van der Waals surface area contributed by atoms with Crippen LogP contribution in [0.5, 0.6) is 5.75 Å². The van der Waals surface area contributed by atoms with Crippen molar-refractivity contribution in [3.63, 3.8) is 0 Å². The number of rotatable bonds is 5. The van der Waals surface area contributed by atoms with Gasteiger partial charge in [-0.1, -0.05) is 23.7 Å². The average Bonchev–Trinajstić information content (AvgIpc) is 2.48.